The molecule has 1 nitrogen and oxygen atoms in total. The summed E-state index contributed by atoms with van der Waals surface area (Å²) in [4.78, 5) is 0. The van der Waals surface area contributed by atoms with Crippen LogP contribution in [0.25, 0.3) is 11.1 Å². The fourth-order valence-corrected chi connectivity index (χ4v) is 1.83. The van der Waals surface area contributed by atoms with Crippen molar-refractivity contribution in [3.8, 4) is 16.9 Å². The summed E-state index contributed by atoms with van der Waals surface area (Å²) >= 11 is 5.65. The molecule has 2 aromatic rings. The molecule has 0 aromatic heterocycles. The van der Waals surface area contributed by atoms with Gasteiger partial charge >= 0.3 is 6.18 Å². The van der Waals surface area contributed by atoms with Crippen molar-refractivity contribution >= 4 is 11.6 Å². The Bertz CT molecular complexity index is 623. The SMILES string of the molecule is Oc1ccc(-c2cccc(C(F)(F)F)c2F)cc1Cl. The van der Waals surface area contributed by atoms with Gasteiger partial charge in [0.15, 0.2) is 0 Å². The van der Waals surface area contributed by atoms with E-state index in [1.807, 2.05) is 0 Å². The molecule has 100 valence electrons. The van der Waals surface area contributed by atoms with E-state index in [9.17, 15) is 22.7 Å². The molecule has 0 unspecified atom stereocenters. The fourth-order valence-electron chi connectivity index (χ4n) is 1.65. The van der Waals surface area contributed by atoms with Crippen LogP contribution in [0.3, 0.4) is 0 Å². The molecule has 0 aliphatic heterocycles. The van der Waals surface area contributed by atoms with Gasteiger partial charge in [-0.1, -0.05) is 29.8 Å². The van der Waals surface area contributed by atoms with Crippen LogP contribution in [0.15, 0.2) is 36.4 Å². The Labute approximate surface area is 111 Å². The van der Waals surface area contributed by atoms with E-state index in [4.69, 9.17) is 11.6 Å². The number of benzene rings is 2. The molecule has 0 saturated carbocycles. The standard InChI is InChI=1S/C13H7ClF4O/c14-10-6-7(4-5-11(10)19)8-2-1-3-9(12(8)15)13(16,17)18/h1-6,19H. The van der Waals surface area contributed by atoms with Gasteiger partial charge in [0.05, 0.1) is 10.6 Å². The first-order valence-electron chi connectivity index (χ1n) is 5.15. The first kappa shape index (κ1) is 13.7. The zero-order valence-corrected chi connectivity index (χ0v) is 10.1. The van der Waals surface area contributed by atoms with Crippen LogP contribution in [-0.2, 0) is 6.18 Å². The summed E-state index contributed by atoms with van der Waals surface area (Å²) in [5.74, 6) is -1.59. The number of phenols is 1. The van der Waals surface area contributed by atoms with Crippen molar-refractivity contribution in [1.29, 1.82) is 0 Å². The molecule has 0 amide bonds. The van der Waals surface area contributed by atoms with Gasteiger partial charge in [0.1, 0.15) is 11.6 Å². The van der Waals surface area contributed by atoms with Gasteiger partial charge in [0.25, 0.3) is 0 Å². The Balaban J connectivity index is 2.60. The number of hydrogen-bond donors (Lipinski definition) is 1. The molecule has 0 spiro atoms. The third-order valence-electron chi connectivity index (χ3n) is 2.56. The first-order chi connectivity index (χ1) is 8.80. The highest BCUT2D eigenvalue weighted by Gasteiger charge is 2.34. The van der Waals surface area contributed by atoms with Gasteiger partial charge in [-0.2, -0.15) is 13.2 Å². The van der Waals surface area contributed by atoms with Gasteiger partial charge in [0.2, 0.25) is 0 Å². The van der Waals surface area contributed by atoms with Crippen molar-refractivity contribution in [2.45, 2.75) is 6.18 Å². The molecule has 0 aliphatic carbocycles. The maximum atomic E-state index is 13.9. The van der Waals surface area contributed by atoms with E-state index in [1.165, 1.54) is 24.3 Å². The summed E-state index contributed by atoms with van der Waals surface area (Å²) in [6.07, 6.45) is -4.76. The van der Waals surface area contributed by atoms with E-state index in [-0.39, 0.29) is 21.9 Å². The van der Waals surface area contributed by atoms with Crippen molar-refractivity contribution in [2.24, 2.45) is 0 Å². The van der Waals surface area contributed by atoms with Crippen LogP contribution in [-0.4, -0.2) is 5.11 Å². The number of rotatable bonds is 1. The lowest BCUT2D eigenvalue weighted by atomic mass is 10.0. The molecule has 0 radical (unpaired) electrons. The number of hydrogen-bond acceptors (Lipinski definition) is 1. The lowest BCUT2D eigenvalue weighted by Gasteiger charge is -2.11. The summed E-state index contributed by atoms with van der Waals surface area (Å²) in [6, 6.07) is 6.68. The second kappa shape index (κ2) is 4.74. The molecule has 6 heteroatoms. The largest absolute Gasteiger partial charge is 0.506 e. The number of halogens is 5. The van der Waals surface area contributed by atoms with E-state index in [2.05, 4.69) is 0 Å². The minimum atomic E-state index is -4.76. The average molecular weight is 291 g/mol. The van der Waals surface area contributed by atoms with Gasteiger partial charge in [-0.3, -0.25) is 0 Å². The minimum Gasteiger partial charge on any atom is -0.506 e. The molecular weight excluding hydrogens is 284 g/mol. The third kappa shape index (κ3) is 2.66. The smallest absolute Gasteiger partial charge is 0.419 e. The van der Waals surface area contributed by atoms with E-state index in [1.54, 1.807) is 0 Å². The maximum absolute atomic E-state index is 13.9. The van der Waals surface area contributed by atoms with Crippen LogP contribution in [0.5, 0.6) is 5.75 Å². The summed E-state index contributed by atoms with van der Waals surface area (Å²) in [7, 11) is 0. The molecular formula is C13H7ClF4O. The van der Waals surface area contributed by atoms with E-state index in [0.29, 0.717) is 6.07 Å². The molecule has 0 saturated heterocycles. The molecule has 2 rings (SSSR count). The lowest BCUT2D eigenvalue weighted by Crippen LogP contribution is -2.08. The van der Waals surface area contributed by atoms with Crippen molar-refractivity contribution < 1.29 is 22.7 Å². The minimum absolute atomic E-state index is 0.0608. The van der Waals surface area contributed by atoms with Crippen molar-refractivity contribution in [3.05, 3.63) is 52.8 Å². The second-order valence-electron chi connectivity index (χ2n) is 3.83. The highest BCUT2D eigenvalue weighted by atomic mass is 35.5. The number of aromatic hydroxyl groups is 1. The predicted molar refractivity (Wildman–Crippen MR) is 63.5 cm³/mol. The fraction of sp³-hybridized carbons (Fsp3) is 0.0769. The van der Waals surface area contributed by atoms with Crippen LogP contribution < -0.4 is 0 Å². The predicted octanol–water partition coefficient (Wildman–Crippen LogP) is 4.87. The van der Waals surface area contributed by atoms with Crippen LogP contribution >= 0.6 is 11.6 Å². The molecule has 0 fully saturated rings. The summed E-state index contributed by atoms with van der Waals surface area (Å²) in [6.45, 7) is 0. The zero-order valence-electron chi connectivity index (χ0n) is 9.30. The van der Waals surface area contributed by atoms with E-state index < -0.39 is 17.6 Å². The molecule has 0 bridgehead atoms. The third-order valence-corrected chi connectivity index (χ3v) is 2.87. The number of phenolic OH excluding ortho intramolecular Hbond substituents is 1. The second-order valence-corrected chi connectivity index (χ2v) is 4.24. The van der Waals surface area contributed by atoms with Gasteiger partial charge < -0.3 is 5.11 Å². The average Bonchev–Trinajstić information content (AvgIpc) is 2.32. The molecule has 0 heterocycles. The maximum Gasteiger partial charge on any atom is 0.419 e. The van der Waals surface area contributed by atoms with Crippen LogP contribution in [0.4, 0.5) is 17.6 Å². The van der Waals surface area contributed by atoms with Gasteiger partial charge in [-0.15, -0.1) is 0 Å². The van der Waals surface area contributed by atoms with Crippen molar-refractivity contribution in [2.75, 3.05) is 0 Å². The molecule has 19 heavy (non-hydrogen) atoms. The highest BCUT2D eigenvalue weighted by molar-refractivity contribution is 6.32. The summed E-state index contributed by atoms with van der Waals surface area (Å²) < 4.78 is 51.6. The van der Waals surface area contributed by atoms with Crippen LogP contribution in [0, 0.1) is 5.82 Å². The van der Waals surface area contributed by atoms with E-state index >= 15 is 0 Å². The Morgan fingerprint density at radius 1 is 1.05 bits per heavy atom. The zero-order chi connectivity index (χ0) is 14.2. The van der Waals surface area contributed by atoms with Crippen molar-refractivity contribution in [1.82, 2.24) is 0 Å². The van der Waals surface area contributed by atoms with Crippen molar-refractivity contribution in [3.63, 3.8) is 0 Å². The highest BCUT2D eigenvalue weighted by Crippen LogP contribution is 2.37. The Hall–Kier alpha value is -1.75. The summed E-state index contributed by atoms with van der Waals surface area (Å²) in [5, 5.41) is 9.18. The first-order valence-corrected chi connectivity index (χ1v) is 5.53. The Kier molecular flexibility index (Phi) is 3.41. The van der Waals surface area contributed by atoms with Crippen LogP contribution in [0.2, 0.25) is 5.02 Å². The molecule has 0 atom stereocenters. The Morgan fingerprint density at radius 3 is 2.32 bits per heavy atom. The van der Waals surface area contributed by atoms with E-state index in [0.717, 1.165) is 6.07 Å². The lowest BCUT2D eigenvalue weighted by molar-refractivity contribution is -0.139. The molecule has 0 aliphatic rings. The van der Waals surface area contributed by atoms with Gasteiger partial charge in [0, 0.05) is 5.56 Å². The summed E-state index contributed by atoms with van der Waals surface area (Å²) in [5.41, 5.74) is -1.41. The Morgan fingerprint density at radius 2 is 1.74 bits per heavy atom. The normalized spacial score (nSPS) is 11.6. The topological polar surface area (TPSA) is 20.2 Å². The molecule has 2 aromatic carbocycles. The quantitative estimate of drug-likeness (QED) is 0.743. The van der Waals surface area contributed by atoms with Gasteiger partial charge in [-0.05, 0) is 23.8 Å². The van der Waals surface area contributed by atoms with Crippen LogP contribution in [0.1, 0.15) is 5.56 Å². The monoisotopic (exact) mass is 290 g/mol. The number of alkyl halides is 3. The van der Waals surface area contributed by atoms with Gasteiger partial charge in [-0.25, -0.2) is 4.39 Å². The molecule has 1 N–H and O–H groups in total.